The molecule has 0 spiro atoms. The Kier molecular flexibility index (Phi) is 4.36. The van der Waals surface area contributed by atoms with E-state index in [1.165, 1.54) is 11.3 Å². The van der Waals surface area contributed by atoms with Crippen LogP contribution in [0, 0.1) is 10.2 Å². The smallest absolute Gasteiger partial charge is 0.103 e. The van der Waals surface area contributed by atoms with Crippen molar-refractivity contribution in [2.75, 3.05) is 0 Å². The van der Waals surface area contributed by atoms with E-state index >= 15 is 0 Å². The lowest BCUT2D eigenvalue weighted by atomic mass is 11.6. The molecule has 0 radical (unpaired) electrons. The third kappa shape index (κ3) is 15.6. The number of aromatic nitrogens is 2. The molecule has 1 rings (SSSR count). The molecule has 1 aromatic heterocycles. The van der Waals surface area contributed by atoms with Crippen molar-refractivity contribution < 1.29 is 28.9 Å². The van der Waals surface area contributed by atoms with E-state index in [-0.39, 0.29) is 0 Å². The normalized spacial score (nSPS) is 10.0. The molecule has 1 heterocycles. The summed E-state index contributed by atoms with van der Waals surface area (Å²) in [5, 5.41) is 6.98. The summed E-state index contributed by atoms with van der Waals surface area (Å²) >= 11 is 1.49. The van der Waals surface area contributed by atoms with E-state index in [2.05, 4.69) is 10.2 Å². The molecule has 0 saturated carbocycles. The van der Waals surface area contributed by atoms with Crippen LogP contribution in [0.25, 0.3) is 0 Å². The first kappa shape index (κ1) is 9.69. The molecule has 0 atom stereocenters. The topological polar surface area (TPSA) is 115 Å². The lowest BCUT2D eigenvalue weighted by molar-refractivity contribution is -1.92. The Morgan fingerprint density at radius 2 is 1.50 bits per heavy atom. The van der Waals surface area contributed by atoms with Gasteiger partial charge >= 0.3 is 0 Å². The van der Waals surface area contributed by atoms with Crippen LogP contribution < -0.4 is 14.0 Å². The Balaban J connectivity index is 0.000000162. The molecule has 0 aliphatic carbocycles. The van der Waals surface area contributed by atoms with Crippen LogP contribution >= 0.6 is 11.3 Å². The van der Waals surface area contributed by atoms with Gasteiger partial charge in [0.2, 0.25) is 0 Å². The van der Waals surface area contributed by atoms with Crippen LogP contribution in [0.1, 0.15) is 0 Å². The van der Waals surface area contributed by atoms with Crippen LogP contribution in [0.15, 0.2) is 11.0 Å². The second kappa shape index (κ2) is 4.50. The fourth-order valence-electron chi connectivity index (χ4n) is 0.136. The Morgan fingerprint density at radius 3 is 1.60 bits per heavy atom. The summed E-state index contributed by atoms with van der Waals surface area (Å²) in [5.41, 5.74) is 3.36. The first-order valence-corrected chi connectivity index (χ1v) is 4.03. The molecule has 0 aliphatic rings. The van der Waals surface area contributed by atoms with Gasteiger partial charge in [0.15, 0.2) is 0 Å². The van der Waals surface area contributed by atoms with Crippen LogP contribution in [0.4, 0.5) is 0 Å². The van der Waals surface area contributed by atoms with Gasteiger partial charge in [-0.15, -0.1) is 21.5 Å². The van der Waals surface area contributed by atoms with Crippen molar-refractivity contribution in [3.8, 4) is 0 Å². The minimum absolute atomic E-state index is 1.49. The van der Waals surface area contributed by atoms with Crippen molar-refractivity contribution in [3.63, 3.8) is 0 Å². The van der Waals surface area contributed by atoms with E-state index in [1.54, 1.807) is 11.0 Å². The number of hydrogen-bond acceptors (Lipinski definition) is 7. The molecule has 1 N–H and O–H groups in total. The maximum atomic E-state index is 8.60. The quantitative estimate of drug-likeness (QED) is 0.448. The minimum atomic E-state index is -4.69. The third-order valence-corrected chi connectivity index (χ3v) is 0.715. The van der Waals surface area contributed by atoms with Gasteiger partial charge in [-0.25, -0.2) is 0 Å². The van der Waals surface area contributed by atoms with Gasteiger partial charge in [0, 0.05) is 0 Å². The zero-order chi connectivity index (χ0) is 8.04. The van der Waals surface area contributed by atoms with Crippen LogP contribution in [-0.4, -0.2) is 14.9 Å². The van der Waals surface area contributed by atoms with Crippen LogP contribution in [-0.2, 0) is 0 Å². The number of hydrogen-bond donors (Lipinski definition) is 1. The third-order valence-electron chi connectivity index (χ3n) is 0.283. The lowest BCUT2D eigenvalue weighted by Crippen LogP contribution is -2.58. The van der Waals surface area contributed by atoms with Gasteiger partial charge in [-0.3, -0.25) is 0 Å². The van der Waals surface area contributed by atoms with Crippen molar-refractivity contribution in [1.29, 1.82) is 0 Å². The summed E-state index contributed by atoms with van der Waals surface area (Å²) in [6.07, 6.45) is 0. The molecule has 6 nitrogen and oxygen atoms in total. The molecule has 8 heteroatoms. The monoisotopic (exact) mass is 186 g/mol. The van der Waals surface area contributed by atoms with Crippen molar-refractivity contribution in [3.05, 3.63) is 11.0 Å². The summed E-state index contributed by atoms with van der Waals surface area (Å²) in [4.78, 5) is 0. The molecule has 0 saturated heterocycles. The van der Waals surface area contributed by atoms with Crippen molar-refractivity contribution in [2.24, 2.45) is 0 Å². The molecule has 0 fully saturated rings. The lowest BCUT2D eigenvalue weighted by Gasteiger charge is -2.03. The number of halogens is 1. The molecule has 0 bridgehead atoms. The fourth-order valence-corrected chi connectivity index (χ4v) is 0.408. The van der Waals surface area contributed by atoms with E-state index in [4.69, 9.17) is 18.6 Å². The van der Waals surface area contributed by atoms with E-state index in [1.807, 2.05) is 0 Å². The Morgan fingerprint density at radius 1 is 1.20 bits per heavy atom. The van der Waals surface area contributed by atoms with Crippen LogP contribution in [0.3, 0.4) is 0 Å². The highest BCUT2D eigenvalue weighted by Gasteiger charge is 1.98. The summed E-state index contributed by atoms with van der Waals surface area (Å²) in [7, 11) is -4.69. The minimum Gasteiger partial charge on any atom is -0.183 e. The maximum Gasteiger partial charge on any atom is 0.103 e. The summed E-state index contributed by atoms with van der Waals surface area (Å²) in [6, 6.07) is 0. The first-order valence-electron chi connectivity index (χ1n) is 1.82. The maximum absolute atomic E-state index is 8.60. The molecule has 0 unspecified atom stereocenters. The average molecular weight is 187 g/mol. The average Bonchev–Trinajstić information content (AvgIpc) is 2.07. The SMILES string of the molecule is [O-][Cl+3]([O-])([O-])O.c1nncs1. The highest BCUT2D eigenvalue weighted by Crippen LogP contribution is 1.80. The molecule has 58 valence electrons. The van der Waals surface area contributed by atoms with Gasteiger partial charge in [0.1, 0.15) is 11.0 Å². The van der Waals surface area contributed by atoms with Gasteiger partial charge in [-0.1, -0.05) is 0 Å². The molecule has 0 aromatic carbocycles. The zero-order valence-electron chi connectivity index (χ0n) is 4.51. The number of rotatable bonds is 0. The first-order chi connectivity index (χ1) is 4.50. The second-order valence-corrected chi connectivity index (χ2v) is 2.46. The van der Waals surface area contributed by atoms with Gasteiger partial charge in [-0.05, 0) is 0 Å². The van der Waals surface area contributed by atoms with Crippen molar-refractivity contribution >= 4 is 11.3 Å². The fraction of sp³-hybridized carbons (Fsp3) is 0. The molecule has 0 aliphatic heterocycles. The molecular weight excluding hydrogens is 184 g/mol. The Hall–Kier alpha value is -0.310. The van der Waals surface area contributed by atoms with Crippen molar-refractivity contribution in [1.82, 2.24) is 10.2 Å². The second-order valence-electron chi connectivity index (χ2n) is 0.974. The molecular formula is C2H3ClN2O4S. The van der Waals surface area contributed by atoms with E-state index in [0.29, 0.717) is 0 Å². The van der Waals surface area contributed by atoms with Crippen molar-refractivity contribution in [2.45, 2.75) is 0 Å². The van der Waals surface area contributed by atoms with E-state index in [9.17, 15) is 0 Å². The van der Waals surface area contributed by atoms with Crippen LogP contribution in [0.2, 0.25) is 0 Å². The predicted molar refractivity (Wildman–Crippen MR) is 22.1 cm³/mol. The number of nitrogens with zero attached hydrogens (tertiary/aromatic N) is 2. The zero-order valence-corrected chi connectivity index (χ0v) is 6.08. The Bertz CT molecular complexity index is 128. The largest absolute Gasteiger partial charge is 0.183 e. The highest BCUT2D eigenvalue weighted by molar-refractivity contribution is 7.07. The Labute approximate surface area is 62.1 Å². The summed E-state index contributed by atoms with van der Waals surface area (Å²) < 4.78 is 32.7. The van der Waals surface area contributed by atoms with Gasteiger partial charge in [-0.2, -0.15) is 14.0 Å². The standard InChI is InChI=1S/C2H2N2S.ClHO4/c1-3-4-2-5-1;2-1(3,4)5/h1-2H;(H,2,3,4,5). The molecule has 1 aromatic rings. The van der Waals surface area contributed by atoms with Gasteiger partial charge in [0.05, 0.1) is 14.9 Å². The molecule has 0 amide bonds. The summed E-state index contributed by atoms with van der Waals surface area (Å²) in [5.74, 6) is 0. The van der Waals surface area contributed by atoms with Gasteiger partial charge in [0.25, 0.3) is 0 Å². The summed E-state index contributed by atoms with van der Waals surface area (Å²) in [6.45, 7) is 0. The predicted octanol–water partition coefficient (Wildman–Crippen LogP) is -3.59. The highest BCUT2D eigenvalue weighted by atomic mass is 35.7. The van der Waals surface area contributed by atoms with E-state index in [0.717, 1.165) is 0 Å². The molecule has 10 heavy (non-hydrogen) atoms. The van der Waals surface area contributed by atoms with Gasteiger partial charge < -0.3 is 0 Å². The van der Waals surface area contributed by atoms with E-state index < -0.39 is 10.2 Å². The van der Waals surface area contributed by atoms with Crippen LogP contribution in [0.5, 0.6) is 0 Å².